The van der Waals surface area contributed by atoms with Gasteiger partial charge in [-0.25, -0.2) is 4.98 Å². The van der Waals surface area contributed by atoms with E-state index >= 15 is 0 Å². The van der Waals surface area contributed by atoms with Crippen LogP contribution in [0.1, 0.15) is 29.6 Å². The van der Waals surface area contributed by atoms with Crippen molar-refractivity contribution in [3.63, 3.8) is 0 Å². The number of pyridine rings is 1. The number of unbranched alkanes of at least 4 members (excludes halogenated alkanes) is 1. The Bertz CT molecular complexity index is 312. The van der Waals surface area contributed by atoms with Crippen molar-refractivity contribution in [2.75, 3.05) is 12.3 Å². The van der Waals surface area contributed by atoms with Gasteiger partial charge in [-0.15, -0.1) is 0 Å². The van der Waals surface area contributed by atoms with Crippen molar-refractivity contribution in [2.24, 2.45) is 5.73 Å². The molecule has 4 N–H and O–H groups in total. The summed E-state index contributed by atoms with van der Waals surface area (Å²) < 4.78 is 0. The van der Waals surface area contributed by atoms with Crippen LogP contribution >= 0.6 is 0 Å². The molecule has 1 heterocycles. The van der Waals surface area contributed by atoms with Gasteiger partial charge in [-0.3, -0.25) is 4.79 Å². The number of rotatable bonds is 5. The Morgan fingerprint density at radius 3 is 2.86 bits per heavy atom. The Morgan fingerprint density at radius 2 is 2.21 bits per heavy atom. The molecule has 0 amide bonds. The smallest absolute Gasteiger partial charge is 0.166 e. The molecule has 0 aliphatic rings. The van der Waals surface area contributed by atoms with Crippen LogP contribution in [-0.2, 0) is 0 Å². The minimum Gasteiger partial charge on any atom is -0.383 e. The van der Waals surface area contributed by atoms with E-state index in [1.54, 1.807) is 18.3 Å². The molecule has 0 radical (unpaired) electrons. The summed E-state index contributed by atoms with van der Waals surface area (Å²) in [5.74, 6) is 0.356. The Morgan fingerprint density at radius 1 is 1.43 bits per heavy atom. The zero-order valence-corrected chi connectivity index (χ0v) is 8.07. The lowest BCUT2D eigenvalue weighted by Gasteiger charge is -2.02. The Balaban J connectivity index is 2.56. The topological polar surface area (TPSA) is 82.0 Å². The van der Waals surface area contributed by atoms with Crippen molar-refractivity contribution in [1.82, 2.24) is 4.98 Å². The summed E-state index contributed by atoms with van der Waals surface area (Å²) in [5, 5.41) is 0. The number of ketones is 1. The fourth-order valence-corrected chi connectivity index (χ4v) is 1.22. The first-order valence-electron chi connectivity index (χ1n) is 4.69. The lowest BCUT2D eigenvalue weighted by Crippen LogP contribution is -2.06. The van der Waals surface area contributed by atoms with Gasteiger partial charge in [-0.2, -0.15) is 0 Å². The third-order valence-corrected chi connectivity index (χ3v) is 2.00. The van der Waals surface area contributed by atoms with Crippen LogP contribution in [0, 0.1) is 0 Å². The van der Waals surface area contributed by atoms with Crippen LogP contribution in [0.4, 0.5) is 5.82 Å². The zero-order chi connectivity index (χ0) is 10.4. The fraction of sp³-hybridized carbons (Fsp3) is 0.400. The summed E-state index contributed by atoms with van der Waals surface area (Å²) in [5.41, 5.74) is 11.4. The minimum atomic E-state index is 0.0454. The van der Waals surface area contributed by atoms with Crippen molar-refractivity contribution in [2.45, 2.75) is 19.3 Å². The Kier molecular flexibility index (Phi) is 4.07. The lowest BCUT2D eigenvalue weighted by atomic mass is 10.1. The average molecular weight is 193 g/mol. The summed E-state index contributed by atoms with van der Waals surface area (Å²) in [6.45, 7) is 0.621. The van der Waals surface area contributed by atoms with E-state index in [1.807, 2.05) is 0 Å². The number of hydrogen-bond acceptors (Lipinski definition) is 4. The van der Waals surface area contributed by atoms with Gasteiger partial charge in [0.2, 0.25) is 0 Å². The number of nitrogens with zero attached hydrogens (tertiary/aromatic N) is 1. The summed E-state index contributed by atoms with van der Waals surface area (Å²) in [6, 6.07) is 3.42. The first-order chi connectivity index (χ1) is 6.75. The predicted octanol–water partition coefficient (Wildman–Crippen LogP) is 0.976. The third-order valence-electron chi connectivity index (χ3n) is 2.00. The zero-order valence-electron chi connectivity index (χ0n) is 8.07. The van der Waals surface area contributed by atoms with E-state index < -0.39 is 0 Å². The van der Waals surface area contributed by atoms with E-state index in [0.29, 0.717) is 24.3 Å². The molecule has 1 aromatic rings. The SMILES string of the molecule is NCCCCC(=O)c1cccnc1N. The number of carbonyl (C=O) groups excluding carboxylic acids is 1. The monoisotopic (exact) mass is 193 g/mol. The highest BCUT2D eigenvalue weighted by Gasteiger charge is 2.08. The molecule has 1 rings (SSSR count). The number of carbonyl (C=O) groups is 1. The molecule has 0 aliphatic carbocycles. The van der Waals surface area contributed by atoms with Gasteiger partial charge in [0.15, 0.2) is 5.78 Å². The number of anilines is 1. The van der Waals surface area contributed by atoms with Gasteiger partial charge in [0.05, 0.1) is 5.56 Å². The average Bonchev–Trinajstić information content (AvgIpc) is 2.18. The van der Waals surface area contributed by atoms with Crippen LogP contribution in [0.15, 0.2) is 18.3 Å². The fourth-order valence-electron chi connectivity index (χ4n) is 1.22. The standard InChI is InChI=1S/C10H15N3O/c11-6-2-1-5-9(14)8-4-3-7-13-10(8)12/h3-4,7H,1-2,5-6,11H2,(H2,12,13). The molecule has 14 heavy (non-hydrogen) atoms. The normalized spacial score (nSPS) is 10.1. The number of nitrogen functional groups attached to an aromatic ring is 1. The summed E-state index contributed by atoms with van der Waals surface area (Å²) in [7, 11) is 0. The van der Waals surface area contributed by atoms with Gasteiger partial charge in [0.25, 0.3) is 0 Å². The maximum atomic E-state index is 11.6. The first kappa shape index (κ1) is 10.7. The Hall–Kier alpha value is -1.42. The molecule has 0 spiro atoms. The van der Waals surface area contributed by atoms with Crippen molar-refractivity contribution in [3.8, 4) is 0 Å². The van der Waals surface area contributed by atoms with Crippen LogP contribution in [0.3, 0.4) is 0 Å². The maximum absolute atomic E-state index is 11.6. The van der Waals surface area contributed by atoms with Gasteiger partial charge < -0.3 is 11.5 Å². The van der Waals surface area contributed by atoms with Crippen LogP contribution in [0.25, 0.3) is 0 Å². The Labute approximate surface area is 83.3 Å². The first-order valence-corrected chi connectivity index (χ1v) is 4.69. The molecule has 0 fully saturated rings. The van der Waals surface area contributed by atoms with E-state index in [4.69, 9.17) is 11.5 Å². The van der Waals surface area contributed by atoms with E-state index in [-0.39, 0.29) is 5.78 Å². The highest BCUT2D eigenvalue weighted by molar-refractivity contribution is 5.99. The summed E-state index contributed by atoms with van der Waals surface area (Å²) >= 11 is 0. The molecule has 0 saturated heterocycles. The van der Waals surface area contributed by atoms with Crippen LogP contribution in [-0.4, -0.2) is 17.3 Å². The van der Waals surface area contributed by atoms with E-state index in [2.05, 4.69) is 4.98 Å². The van der Waals surface area contributed by atoms with Crippen LogP contribution in [0.5, 0.6) is 0 Å². The largest absolute Gasteiger partial charge is 0.383 e. The van der Waals surface area contributed by atoms with Gasteiger partial charge in [0, 0.05) is 12.6 Å². The predicted molar refractivity (Wildman–Crippen MR) is 55.9 cm³/mol. The molecule has 0 bridgehead atoms. The third kappa shape index (κ3) is 2.81. The number of aromatic nitrogens is 1. The summed E-state index contributed by atoms with van der Waals surface area (Å²) in [4.78, 5) is 15.4. The molecular weight excluding hydrogens is 178 g/mol. The number of Topliss-reactive ketones (excluding diaryl/α,β-unsaturated/α-hetero) is 1. The second-order valence-electron chi connectivity index (χ2n) is 3.11. The van der Waals surface area contributed by atoms with E-state index in [1.165, 1.54) is 0 Å². The van der Waals surface area contributed by atoms with Crippen LogP contribution in [0.2, 0.25) is 0 Å². The number of nitrogens with two attached hydrogens (primary N) is 2. The molecule has 0 aromatic carbocycles. The molecule has 0 saturated carbocycles. The highest BCUT2D eigenvalue weighted by atomic mass is 16.1. The molecule has 0 unspecified atom stereocenters. The minimum absolute atomic E-state index is 0.0454. The summed E-state index contributed by atoms with van der Waals surface area (Å²) in [6.07, 6.45) is 3.74. The van der Waals surface area contributed by atoms with Gasteiger partial charge >= 0.3 is 0 Å². The van der Waals surface area contributed by atoms with Crippen molar-refractivity contribution in [3.05, 3.63) is 23.9 Å². The van der Waals surface area contributed by atoms with Crippen LogP contribution < -0.4 is 11.5 Å². The number of hydrogen-bond donors (Lipinski definition) is 2. The van der Waals surface area contributed by atoms with Gasteiger partial charge in [-0.05, 0) is 31.5 Å². The van der Waals surface area contributed by atoms with Crippen molar-refractivity contribution >= 4 is 11.6 Å². The molecule has 4 nitrogen and oxygen atoms in total. The van der Waals surface area contributed by atoms with Crippen molar-refractivity contribution < 1.29 is 4.79 Å². The van der Waals surface area contributed by atoms with E-state index in [9.17, 15) is 4.79 Å². The van der Waals surface area contributed by atoms with E-state index in [0.717, 1.165) is 12.8 Å². The second-order valence-corrected chi connectivity index (χ2v) is 3.11. The molecule has 0 aliphatic heterocycles. The molecular formula is C10H15N3O. The van der Waals surface area contributed by atoms with Crippen molar-refractivity contribution in [1.29, 1.82) is 0 Å². The quantitative estimate of drug-likeness (QED) is 0.539. The second kappa shape index (κ2) is 5.34. The molecule has 0 atom stereocenters. The highest BCUT2D eigenvalue weighted by Crippen LogP contribution is 2.11. The molecule has 4 heteroatoms. The van der Waals surface area contributed by atoms with Gasteiger partial charge in [0.1, 0.15) is 5.82 Å². The molecule has 1 aromatic heterocycles. The van der Waals surface area contributed by atoms with Gasteiger partial charge in [-0.1, -0.05) is 0 Å². The lowest BCUT2D eigenvalue weighted by molar-refractivity contribution is 0.0980. The molecule has 76 valence electrons. The maximum Gasteiger partial charge on any atom is 0.166 e.